The average molecular weight is 397 g/mol. The van der Waals surface area contributed by atoms with Gasteiger partial charge >= 0.3 is 11.9 Å². The third kappa shape index (κ3) is 4.47. The molecule has 146 valence electrons. The highest BCUT2D eigenvalue weighted by Gasteiger charge is 2.52. The summed E-state index contributed by atoms with van der Waals surface area (Å²) in [6, 6.07) is 0. The van der Waals surface area contributed by atoms with E-state index >= 15 is 0 Å². The molecular formula is C19H21ClO7. The molecule has 0 fully saturated rings. The molecular weight excluding hydrogens is 376 g/mol. The summed E-state index contributed by atoms with van der Waals surface area (Å²) in [5.41, 5.74) is -1.68. The van der Waals surface area contributed by atoms with Gasteiger partial charge in [0.05, 0.1) is 17.2 Å². The van der Waals surface area contributed by atoms with Gasteiger partial charge in [-0.25, -0.2) is 0 Å². The molecule has 0 saturated heterocycles. The Labute approximate surface area is 162 Å². The minimum absolute atomic E-state index is 0.0788. The first kappa shape index (κ1) is 20.9. The van der Waals surface area contributed by atoms with Crippen LogP contribution in [0.2, 0.25) is 0 Å². The maximum atomic E-state index is 12.8. The van der Waals surface area contributed by atoms with Gasteiger partial charge in [-0.05, 0) is 25.8 Å². The summed E-state index contributed by atoms with van der Waals surface area (Å²) in [6.45, 7) is 4.57. The van der Waals surface area contributed by atoms with Crippen LogP contribution in [0.5, 0.6) is 0 Å². The van der Waals surface area contributed by atoms with Crippen LogP contribution in [0.15, 0.2) is 34.3 Å². The first-order chi connectivity index (χ1) is 12.7. The Kier molecular flexibility index (Phi) is 6.59. The number of carbonyl (C=O) groups excluding carboxylic acids is 4. The lowest BCUT2D eigenvalue weighted by Gasteiger charge is -2.33. The molecule has 0 amide bonds. The van der Waals surface area contributed by atoms with Crippen molar-refractivity contribution in [1.29, 1.82) is 0 Å². The third-order valence-electron chi connectivity index (χ3n) is 4.12. The van der Waals surface area contributed by atoms with E-state index in [1.54, 1.807) is 6.92 Å². The molecule has 0 radical (unpaired) electrons. The van der Waals surface area contributed by atoms with Crippen molar-refractivity contribution in [1.82, 2.24) is 0 Å². The van der Waals surface area contributed by atoms with Crippen molar-refractivity contribution >= 4 is 35.1 Å². The fourth-order valence-corrected chi connectivity index (χ4v) is 3.03. The SMILES string of the molecule is CCCC(=O)OC1(C)C(=O)C2=COC(CCCOC(C)=O)=CC2=C(Cl)C1=O. The molecule has 1 heterocycles. The van der Waals surface area contributed by atoms with Crippen molar-refractivity contribution in [3.63, 3.8) is 0 Å². The smallest absolute Gasteiger partial charge is 0.307 e. The standard InChI is InChI=1S/C19H21ClO7/c1-4-6-15(22)27-19(3)17(23)14-10-26-12(7-5-8-25-11(2)21)9-13(14)16(20)18(19)24/h9-10H,4-8H2,1-3H3. The lowest BCUT2D eigenvalue weighted by molar-refractivity contribution is -0.169. The Hall–Kier alpha value is -2.41. The van der Waals surface area contributed by atoms with Crippen LogP contribution in [-0.2, 0) is 33.4 Å². The largest absolute Gasteiger partial charge is 0.469 e. The molecule has 0 bridgehead atoms. The lowest BCUT2D eigenvalue weighted by Crippen LogP contribution is -2.51. The topological polar surface area (TPSA) is 96.0 Å². The molecule has 27 heavy (non-hydrogen) atoms. The van der Waals surface area contributed by atoms with Gasteiger partial charge < -0.3 is 14.2 Å². The molecule has 1 unspecified atom stereocenters. The number of Topliss-reactive ketones (excluding diaryl/α,β-unsaturated/α-hetero) is 2. The molecule has 1 aliphatic carbocycles. The number of hydrogen-bond acceptors (Lipinski definition) is 7. The number of ether oxygens (including phenoxy) is 3. The summed E-state index contributed by atoms with van der Waals surface area (Å²) < 4.78 is 15.5. The summed E-state index contributed by atoms with van der Waals surface area (Å²) in [7, 11) is 0. The Morgan fingerprint density at radius 2 is 1.96 bits per heavy atom. The van der Waals surface area contributed by atoms with Gasteiger partial charge in [0.25, 0.3) is 0 Å². The van der Waals surface area contributed by atoms with E-state index < -0.39 is 23.1 Å². The summed E-state index contributed by atoms with van der Waals surface area (Å²) in [4.78, 5) is 48.0. The van der Waals surface area contributed by atoms with Crippen LogP contribution in [0, 0.1) is 0 Å². The van der Waals surface area contributed by atoms with Gasteiger partial charge in [-0.1, -0.05) is 18.5 Å². The Morgan fingerprint density at radius 1 is 1.26 bits per heavy atom. The Bertz CT molecular complexity index is 775. The van der Waals surface area contributed by atoms with Gasteiger partial charge in [-0.3, -0.25) is 19.2 Å². The van der Waals surface area contributed by atoms with Crippen LogP contribution in [-0.4, -0.2) is 35.7 Å². The summed E-state index contributed by atoms with van der Waals surface area (Å²) in [5, 5.41) is -0.187. The maximum absolute atomic E-state index is 12.8. The zero-order chi connectivity index (χ0) is 20.2. The van der Waals surface area contributed by atoms with Gasteiger partial charge in [0.1, 0.15) is 12.0 Å². The van der Waals surface area contributed by atoms with E-state index in [9.17, 15) is 19.2 Å². The molecule has 7 nitrogen and oxygen atoms in total. The van der Waals surface area contributed by atoms with E-state index in [2.05, 4.69) is 0 Å². The normalized spacial score (nSPS) is 21.8. The molecule has 1 atom stereocenters. The van der Waals surface area contributed by atoms with Crippen molar-refractivity contribution in [3.8, 4) is 0 Å². The van der Waals surface area contributed by atoms with Gasteiger partial charge in [-0.2, -0.15) is 0 Å². The van der Waals surface area contributed by atoms with E-state index in [4.69, 9.17) is 25.8 Å². The molecule has 8 heteroatoms. The molecule has 0 aromatic rings. The first-order valence-electron chi connectivity index (χ1n) is 8.63. The average Bonchev–Trinajstić information content (AvgIpc) is 2.62. The second-order valence-electron chi connectivity index (χ2n) is 6.35. The zero-order valence-electron chi connectivity index (χ0n) is 15.4. The lowest BCUT2D eigenvalue weighted by atomic mass is 9.80. The predicted molar refractivity (Wildman–Crippen MR) is 95.4 cm³/mol. The molecule has 0 aromatic heterocycles. The number of esters is 2. The minimum atomic E-state index is -2.00. The summed E-state index contributed by atoms with van der Waals surface area (Å²) in [5.74, 6) is -1.98. The number of hydrogen-bond donors (Lipinski definition) is 0. The van der Waals surface area contributed by atoms with E-state index in [1.165, 1.54) is 26.2 Å². The van der Waals surface area contributed by atoms with Crippen molar-refractivity contribution in [2.75, 3.05) is 6.61 Å². The molecule has 0 N–H and O–H groups in total. The van der Waals surface area contributed by atoms with Crippen molar-refractivity contribution in [2.24, 2.45) is 0 Å². The fourth-order valence-electron chi connectivity index (χ4n) is 2.69. The van der Waals surface area contributed by atoms with E-state index in [-0.39, 0.29) is 35.2 Å². The molecule has 0 saturated carbocycles. The number of fused-ring (bicyclic) bond motifs is 1. The predicted octanol–water partition coefficient (Wildman–Crippen LogP) is 2.87. The van der Waals surface area contributed by atoms with Crippen molar-refractivity contribution in [2.45, 2.75) is 52.1 Å². The van der Waals surface area contributed by atoms with Crippen LogP contribution >= 0.6 is 11.6 Å². The highest BCUT2D eigenvalue weighted by molar-refractivity contribution is 6.49. The van der Waals surface area contributed by atoms with Crippen LogP contribution in [0.3, 0.4) is 0 Å². The summed E-state index contributed by atoms with van der Waals surface area (Å²) >= 11 is 6.20. The van der Waals surface area contributed by atoms with E-state index in [0.29, 0.717) is 25.0 Å². The molecule has 0 spiro atoms. The summed E-state index contributed by atoms with van der Waals surface area (Å²) in [6.07, 6.45) is 4.27. The van der Waals surface area contributed by atoms with Gasteiger partial charge in [0.2, 0.25) is 17.2 Å². The first-order valence-corrected chi connectivity index (χ1v) is 9.00. The molecule has 0 aromatic carbocycles. The molecule has 2 aliphatic rings. The highest BCUT2D eigenvalue weighted by Crippen LogP contribution is 2.39. The quantitative estimate of drug-likeness (QED) is 0.371. The van der Waals surface area contributed by atoms with Gasteiger partial charge in [0, 0.05) is 25.3 Å². The number of halogens is 1. The number of rotatable bonds is 7. The number of carbonyl (C=O) groups is 4. The second kappa shape index (κ2) is 8.52. The Balaban J connectivity index is 2.21. The van der Waals surface area contributed by atoms with E-state index in [1.807, 2.05) is 0 Å². The monoisotopic (exact) mass is 396 g/mol. The highest BCUT2D eigenvalue weighted by atomic mass is 35.5. The van der Waals surface area contributed by atoms with Crippen LogP contribution in [0.4, 0.5) is 0 Å². The molecule has 1 aliphatic heterocycles. The zero-order valence-corrected chi connectivity index (χ0v) is 16.2. The van der Waals surface area contributed by atoms with Crippen LogP contribution < -0.4 is 0 Å². The van der Waals surface area contributed by atoms with Crippen LogP contribution in [0.1, 0.15) is 46.5 Å². The Morgan fingerprint density at radius 3 is 2.59 bits per heavy atom. The minimum Gasteiger partial charge on any atom is -0.469 e. The number of allylic oxidation sites excluding steroid dienone is 3. The van der Waals surface area contributed by atoms with Gasteiger partial charge in [-0.15, -0.1) is 0 Å². The van der Waals surface area contributed by atoms with Crippen molar-refractivity contribution in [3.05, 3.63) is 34.3 Å². The van der Waals surface area contributed by atoms with Crippen LogP contribution in [0.25, 0.3) is 0 Å². The fraction of sp³-hybridized carbons (Fsp3) is 0.474. The maximum Gasteiger partial charge on any atom is 0.307 e. The van der Waals surface area contributed by atoms with Crippen molar-refractivity contribution < 1.29 is 33.4 Å². The number of ketones is 2. The third-order valence-corrected chi connectivity index (χ3v) is 4.49. The molecule has 2 rings (SSSR count). The van der Waals surface area contributed by atoms with Gasteiger partial charge in [0.15, 0.2) is 0 Å². The van der Waals surface area contributed by atoms with E-state index in [0.717, 1.165) is 0 Å². The second-order valence-corrected chi connectivity index (χ2v) is 6.72.